The highest BCUT2D eigenvalue weighted by Crippen LogP contribution is 2.14. The van der Waals surface area contributed by atoms with E-state index in [4.69, 9.17) is 0 Å². The molecule has 1 aromatic heterocycles. The second-order valence-corrected chi connectivity index (χ2v) is 4.79. The monoisotopic (exact) mass is 272 g/mol. The standard InChI is InChI=1S/C15H20N4O/c1-12(20)18-15-6-4-3-5-14(15)10-16-8-7-13-9-17-19(2)11-13/h3-6,9,11,16H,7-8,10H2,1-2H3,(H,18,20). The number of nitrogens with zero attached hydrogens (tertiary/aromatic N) is 2. The molecule has 106 valence electrons. The summed E-state index contributed by atoms with van der Waals surface area (Å²) in [6.07, 6.45) is 4.84. The molecule has 0 aliphatic heterocycles. The number of carbonyl (C=O) groups excluding carboxylic acids is 1. The van der Waals surface area contributed by atoms with Gasteiger partial charge in [0.25, 0.3) is 0 Å². The lowest BCUT2D eigenvalue weighted by Crippen LogP contribution is -2.18. The Hall–Kier alpha value is -2.14. The van der Waals surface area contributed by atoms with Gasteiger partial charge in [-0.25, -0.2) is 0 Å². The zero-order chi connectivity index (χ0) is 14.4. The quantitative estimate of drug-likeness (QED) is 0.787. The van der Waals surface area contributed by atoms with Crippen LogP contribution in [-0.2, 0) is 24.8 Å². The number of para-hydroxylation sites is 1. The highest BCUT2D eigenvalue weighted by Gasteiger charge is 2.03. The average Bonchev–Trinajstić information content (AvgIpc) is 2.81. The van der Waals surface area contributed by atoms with Crippen LogP contribution < -0.4 is 10.6 Å². The van der Waals surface area contributed by atoms with Gasteiger partial charge in [-0.3, -0.25) is 9.48 Å². The van der Waals surface area contributed by atoms with Gasteiger partial charge in [0.2, 0.25) is 5.91 Å². The number of hydrogen-bond acceptors (Lipinski definition) is 3. The fourth-order valence-corrected chi connectivity index (χ4v) is 2.04. The van der Waals surface area contributed by atoms with Crippen LogP contribution in [-0.4, -0.2) is 22.2 Å². The van der Waals surface area contributed by atoms with E-state index in [2.05, 4.69) is 15.7 Å². The third-order valence-corrected chi connectivity index (χ3v) is 2.99. The lowest BCUT2D eigenvalue weighted by Gasteiger charge is -2.10. The molecule has 5 heteroatoms. The van der Waals surface area contributed by atoms with Crippen LogP contribution in [0.2, 0.25) is 0 Å². The molecule has 0 atom stereocenters. The summed E-state index contributed by atoms with van der Waals surface area (Å²) >= 11 is 0. The van der Waals surface area contributed by atoms with E-state index < -0.39 is 0 Å². The Kier molecular flexibility index (Phi) is 4.90. The van der Waals surface area contributed by atoms with Crippen molar-refractivity contribution in [1.29, 1.82) is 0 Å². The number of amides is 1. The molecule has 2 N–H and O–H groups in total. The van der Waals surface area contributed by atoms with Crippen LogP contribution in [0.25, 0.3) is 0 Å². The minimum absolute atomic E-state index is 0.0483. The first-order valence-corrected chi connectivity index (χ1v) is 6.69. The predicted molar refractivity (Wildman–Crippen MR) is 79.4 cm³/mol. The van der Waals surface area contributed by atoms with Crippen molar-refractivity contribution in [2.24, 2.45) is 7.05 Å². The molecule has 0 bridgehead atoms. The van der Waals surface area contributed by atoms with Crippen molar-refractivity contribution in [3.05, 3.63) is 47.8 Å². The largest absolute Gasteiger partial charge is 0.326 e. The van der Waals surface area contributed by atoms with Gasteiger partial charge in [0.05, 0.1) is 6.20 Å². The number of benzene rings is 1. The lowest BCUT2D eigenvalue weighted by atomic mass is 10.1. The number of rotatable bonds is 6. The second kappa shape index (κ2) is 6.86. The van der Waals surface area contributed by atoms with Gasteiger partial charge in [-0.05, 0) is 30.2 Å². The summed E-state index contributed by atoms with van der Waals surface area (Å²) in [6, 6.07) is 7.83. The molecule has 0 unspecified atom stereocenters. The maximum atomic E-state index is 11.1. The first kappa shape index (κ1) is 14.3. The van der Waals surface area contributed by atoms with Crippen molar-refractivity contribution in [2.45, 2.75) is 19.9 Å². The molecule has 0 aliphatic rings. The molecule has 2 rings (SSSR count). The van der Waals surface area contributed by atoms with E-state index in [0.717, 1.165) is 30.8 Å². The summed E-state index contributed by atoms with van der Waals surface area (Å²) in [7, 11) is 1.92. The fourth-order valence-electron chi connectivity index (χ4n) is 2.04. The zero-order valence-electron chi connectivity index (χ0n) is 11.9. The predicted octanol–water partition coefficient (Wildman–Crippen LogP) is 1.71. The topological polar surface area (TPSA) is 59.0 Å². The number of aryl methyl sites for hydroxylation is 1. The van der Waals surface area contributed by atoms with E-state index in [-0.39, 0.29) is 5.91 Å². The van der Waals surface area contributed by atoms with Gasteiger partial charge in [0, 0.05) is 32.4 Å². The van der Waals surface area contributed by atoms with Crippen LogP contribution in [0.1, 0.15) is 18.1 Å². The summed E-state index contributed by atoms with van der Waals surface area (Å²) in [5, 5.41) is 10.4. The van der Waals surface area contributed by atoms with Crippen molar-refractivity contribution in [1.82, 2.24) is 15.1 Å². The van der Waals surface area contributed by atoms with Gasteiger partial charge in [0.15, 0.2) is 0 Å². The Morgan fingerprint density at radius 2 is 2.15 bits per heavy atom. The molecule has 1 heterocycles. The van der Waals surface area contributed by atoms with Gasteiger partial charge in [-0.1, -0.05) is 18.2 Å². The smallest absolute Gasteiger partial charge is 0.221 e. The van der Waals surface area contributed by atoms with Crippen molar-refractivity contribution in [3.8, 4) is 0 Å². The maximum absolute atomic E-state index is 11.1. The van der Waals surface area contributed by atoms with Crippen LogP contribution in [0.4, 0.5) is 5.69 Å². The van der Waals surface area contributed by atoms with Gasteiger partial charge < -0.3 is 10.6 Å². The zero-order valence-corrected chi connectivity index (χ0v) is 11.9. The minimum atomic E-state index is -0.0483. The molecule has 0 saturated carbocycles. The Bertz CT molecular complexity index is 577. The van der Waals surface area contributed by atoms with Gasteiger partial charge in [-0.15, -0.1) is 0 Å². The van der Waals surface area contributed by atoms with Crippen LogP contribution in [0.3, 0.4) is 0 Å². The summed E-state index contributed by atoms with van der Waals surface area (Å²) < 4.78 is 1.81. The molecule has 0 saturated heterocycles. The molecule has 0 aliphatic carbocycles. The lowest BCUT2D eigenvalue weighted by molar-refractivity contribution is -0.114. The molecule has 2 aromatic rings. The van der Waals surface area contributed by atoms with Crippen LogP contribution in [0.15, 0.2) is 36.7 Å². The molecular weight excluding hydrogens is 252 g/mol. The third kappa shape index (κ3) is 4.20. The number of aromatic nitrogens is 2. The average molecular weight is 272 g/mol. The van der Waals surface area contributed by atoms with Crippen molar-refractivity contribution in [2.75, 3.05) is 11.9 Å². The van der Waals surface area contributed by atoms with Crippen LogP contribution >= 0.6 is 0 Å². The molecule has 1 aromatic carbocycles. The van der Waals surface area contributed by atoms with E-state index >= 15 is 0 Å². The van der Waals surface area contributed by atoms with Gasteiger partial charge in [-0.2, -0.15) is 5.10 Å². The van der Waals surface area contributed by atoms with Crippen molar-refractivity contribution in [3.63, 3.8) is 0 Å². The third-order valence-electron chi connectivity index (χ3n) is 2.99. The maximum Gasteiger partial charge on any atom is 0.221 e. The van der Waals surface area contributed by atoms with Gasteiger partial charge >= 0.3 is 0 Å². The van der Waals surface area contributed by atoms with E-state index in [1.54, 1.807) is 4.68 Å². The molecule has 1 amide bonds. The van der Waals surface area contributed by atoms with Crippen molar-refractivity contribution >= 4 is 11.6 Å². The first-order chi connectivity index (χ1) is 9.65. The van der Waals surface area contributed by atoms with E-state index in [9.17, 15) is 4.79 Å². The number of anilines is 1. The Morgan fingerprint density at radius 3 is 2.85 bits per heavy atom. The second-order valence-electron chi connectivity index (χ2n) is 4.79. The highest BCUT2D eigenvalue weighted by molar-refractivity contribution is 5.89. The summed E-state index contributed by atoms with van der Waals surface area (Å²) in [6.45, 7) is 3.13. The van der Waals surface area contributed by atoms with Crippen LogP contribution in [0.5, 0.6) is 0 Å². The van der Waals surface area contributed by atoms with E-state index in [0.29, 0.717) is 0 Å². The molecule has 0 spiro atoms. The van der Waals surface area contributed by atoms with E-state index in [1.807, 2.05) is 43.7 Å². The summed E-state index contributed by atoms with van der Waals surface area (Å²) in [4.78, 5) is 11.1. The minimum Gasteiger partial charge on any atom is -0.326 e. The Balaban J connectivity index is 1.83. The molecule has 0 radical (unpaired) electrons. The van der Waals surface area contributed by atoms with E-state index in [1.165, 1.54) is 12.5 Å². The summed E-state index contributed by atoms with van der Waals surface area (Å²) in [5.41, 5.74) is 3.18. The Labute approximate surface area is 119 Å². The molecule has 20 heavy (non-hydrogen) atoms. The number of carbonyl (C=O) groups is 1. The number of hydrogen-bond donors (Lipinski definition) is 2. The molecule has 0 fully saturated rings. The SMILES string of the molecule is CC(=O)Nc1ccccc1CNCCc1cnn(C)c1. The molecule has 5 nitrogen and oxygen atoms in total. The summed E-state index contributed by atoms with van der Waals surface area (Å²) in [5.74, 6) is -0.0483. The normalized spacial score (nSPS) is 10.5. The fraction of sp³-hybridized carbons (Fsp3) is 0.333. The molecular formula is C15H20N4O. The van der Waals surface area contributed by atoms with Crippen LogP contribution in [0, 0.1) is 0 Å². The first-order valence-electron chi connectivity index (χ1n) is 6.69. The highest BCUT2D eigenvalue weighted by atomic mass is 16.1. The Morgan fingerprint density at radius 1 is 1.35 bits per heavy atom. The van der Waals surface area contributed by atoms with Gasteiger partial charge in [0.1, 0.15) is 0 Å². The number of nitrogens with one attached hydrogen (secondary N) is 2. The van der Waals surface area contributed by atoms with Crippen molar-refractivity contribution < 1.29 is 4.79 Å².